The summed E-state index contributed by atoms with van der Waals surface area (Å²) in [7, 11) is 4.89. The molecule has 0 radical (unpaired) electrons. The average molecular weight is 428 g/mol. The topological polar surface area (TPSA) is 71.5 Å². The van der Waals surface area contributed by atoms with Gasteiger partial charge < -0.3 is 29.3 Å². The van der Waals surface area contributed by atoms with Gasteiger partial charge in [-0.1, -0.05) is 12.1 Å². The smallest absolute Gasteiger partial charge is 0.203 e. The highest BCUT2D eigenvalue weighted by Crippen LogP contribution is 2.39. The lowest BCUT2D eigenvalue weighted by atomic mass is 10.1. The van der Waals surface area contributed by atoms with E-state index in [1.807, 2.05) is 30.5 Å². The molecule has 0 bridgehead atoms. The van der Waals surface area contributed by atoms with Crippen LogP contribution in [-0.2, 0) is 6.42 Å². The Morgan fingerprint density at radius 3 is 2.39 bits per heavy atom. The van der Waals surface area contributed by atoms with Crippen LogP contribution in [0.15, 0.2) is 41.5 Å². The van der Waals surface area contributed by atoms with Gasteiger partial charge in [-0.2, -0.15) is 0 Å². The van der Waals surface area contributed by atoms with Crippen LogP contribution in [-0.4, -0.2) is 76.4 Å². The van der Waals surface area contributed by atoms with Crippen molar-refractivity contribution in [3.8, 4) is 17.2 Å². The zero-order chi connectivity index (χ0) is 22.1. The monoisotopic (exact) mass is 427 g/mol. The fourth-order valence-electron chi connectivity index (χ4n) is 3.76. The number of piperazine rings is 1. The Morgan fingerprint density at radius 2 is 1.77 bits per heavy atom. The normalized spacial score (nSPS) is 14.4. The maximum absolute atomic E-state index is 5.59. The first-order chi connectivity index (χ1) is 15.2. The molecule has 2 heterocycles. The van der Waals surface area contributed by atoms with Crippen LogP contribution >= 0.6 is 0 Å². The zero-order valence-corrected chi connectivity index (χ0v) is 18.9. The summed E-state index contributed by atoms with van der Waals surface area (Å²) in [6, 6.07) is 9.95. The molecule has 8 nitrogen and oxygen atoms in total. The van der Waals surface area contributed by atoms with Gasteiger partial charge in [-0.15, -0.1) is 0 Å². The fourth-order valence-corrected chi connectivity index (χ4v) is 3.76. The molecule has 8 heteroatoms. The first-order valence-electron chi connectivity index (χ1n) is 10.7. The molecule has 1 aliphatic rings. The number of nitrogens with one attached hydrogen (secondary N) is 1. The lowest BCUT2D eigenvalue weighted by Crippen LogP contribution is -2.52. The third kappa shape index (κ3) is 5.51. The van der Waals surface area contributed by atoms with Crippen LogP contribution in [0.25, 0.3) is 0 Å². The SMILES string of the molecule is CCNC(=NCCc1ccc(OC)c(OC)c1OC)N1CCN(c2ccccn2)CC1. The van der Waals surface area contributed by atoms with E-state index in [9.17, 15) is 0 Å². The number of hydrogen-bond donors (Lipinski definition) is 1. The van der Waals surface area contributed by atoms with Crippen molar-refractivity contribution in [1.82, 2.24) is 15.2 Å². The van der Waals surface area contributed by atoms with Crippen LogP contribution in [0, 0.1) is 0 Å². The van der Waals surface area contributed by atoms with Crippen LogP contribution in [0.5, 0.6) is 17.2 Å². The number of rotatable bonds is 8. The van der Waals surface area contributed by atoms with E-state index in [-0.39, 0.29) is 0 Å². The minimum absolute atomic E-state index is 0.615. The lowest BCUT2D eigenvalue weighted by Gasteiger charge is -2.37. The summed E-state index contributed by atoms with van der Waals surface area (Å²) in [6.07, 6.45) is 2.59. The van der Waals surface area contributed by atoms with Crippen molar-refractivity contribution in [3.63, 3.8) is 0 Å². The van der Waals surface area contributed by atoms with E-state index in [1.54, 1.807) is 21.3 Å². The molecule has 168 valence electrons. The number of pyridine rings is 1. The number of hydrogen-bond acceptors (Lipinski definition) is 6. The van der Waals surface area contributed by atoms with Crippen molar-refractivity contribution in [2.75, 3.05) is 65.5 Å². The van der Waals surface area contributed by atoms with E-state index < -0.39 is 0 Å². The molecular weight excluding hydrogens is 394 g/mol. The number of methoxy groups -OCH3 is 3. The van der Waals surface area contributed by atoms with Gasteiger partial charge in [0.2, 0.25) is 5.75 Å². The summed E-state index contributed by atoms with van der Waals surface area (Å²) in [5.41, 5.74) is 1.04. The molecule has 2 aromatic rings. The number of ether oxygens (including phenoxy) is 3. The molecule has 1 aromatic heterocycles. The van der Waals surface area contributed by atoms with Gasteiger partial charge in [-0.05, 0) is 31.5 Å². The molecular formula is C23H33N5O3. The van der Waals surface area contributed by atoms with Gasteiger partial charge in [0, 0.05) is 51.0 Å². The Labute approximate surface area is 184 Å². The second-order valence-electron chi connectivity index (χ2n) is 7.14. The summed E-state index contributed by atoms with van der Waals surface area (Å²) in [5, 5.41) is 3.43. The minimum atomic E-state index is 0.615. The molecule has 31 heavy (non-hydrogen) atoms. The number of nitrogens with zero attached hydrogens (tertiary/aromatic N) is 4. The van der Waals surface area contributed by atoms with Crippen molar-refractivity contribution in [2.24, 2.45) is 4.99 Å². The molecule has 1 N–H and O–H groups in total. The van der Waals surface area contributed by atoms with Gasteiger partial charge in [-0.3, -0.25) is 4.99 Å². The van der Waals surface area contributed by atoms with Crippen LogP contribution in [0.3, 0.4) is 0 Å². The average Bonchev–Trinajstić information content (AvgIpc) is 2.83. The molecule has 1 aromatic carbocycles. The fraction of sp³-hybridized carbons (Fsp3) is 0.478. The van der Waals surface area contributed by atoms with Crippen LogP contribution < -0.4 is 24.4 Å². The molecule has 0 saturated carbocycles. The molecule has 1 fully saturated rings. The molecule has 1 saturated heterocycles. The maximum atomic E-state index is 5.59. The van der Waals surface area contributed by atoms with E-state index >= 15 is 0 Å². The summed E-state index contributed by atoms with van der Waals surface area (Å²) in [5.74, 6) is 3.95. The number of aliphatic imine (C=N–C) groups is 1. The lowest BCUT2D eigenvalue weighted by molar-refractivity contribution is 0.322. The number of guanidine groups is 1. The summed E-state index contributed by atoms with van der Waals surface area (Å²) in [4.78, 5) is 14.0. The van der Waals surface area contributed by atoms with Crippen molar-refractivity contribution < 1.29 is 14.2 Å². The Morgan fingerprint density at radius 1 is 1.00 bits per heavy atom. The van der Waals surface area contributed by atoms with Gasteiger partial charge in [0.15, 0.2) is 17.5 Å². The summed E-state index contributed by atoms with van der Waals surface area (Å²) in [6.45, 7) is 7.23. The molecule has 0 atom stereocenters. The summed E-state index contributed by atoms with van der Waals surface area (Å²) < 4.78 is 16.5. The van der Waals surface area contributed by atoms with E-state index in [2.05, 4.69) is 33.1 Å². The molecule has 1 aliphatic heterocycles. The predicted molar refractivity (Wildman–Crippen MR) is 124 cm³/mol. The molecule has 0 unspecified atom stereocenters. The van der Waals surface area contributed by atoms with Gasteiger partial charge in [-0.25, -0.2) is 4.98 Å². The highest BCUT2D eigenvalue weighted by Gasteiger charge is 2.20. The first-order valence-corrected chi connectivity index (χ1v) is 10.7. The Kier molecular flexibility index (Phi) is 8.20. The highest BCUT2D eigenvalue weighted by molar-refractivity contribution is 5.80. The second-order valence-corrected chi connectivity index (χ2v) is 7.14. The minimum Gasteiger partial charge on any atom is -0.493 e. The molecule has 0 spiro atoms. The Balaban J connectivity index is 1.64. The first kappa shape index (κ1) is 22.5. The molecule has 0 aliphatic carbocycles. The van der Waals surface area contributed by atoms with Crippen molar-refractivity contribution in [3.05, 3.63) is 42.1 Å². The third-order valence-corrected chi connectivity index (χ3v) is 5.32. The summed E-state index contributed by atoms with van der Waals surface area (Å²) >= 11 is 0. The Bertz CT molecular complexity index is 852. The van der Waals surface area contributed by atoms with E-state index in [0.29, 0.717) is 23.8 Å². The Hall–Kier alpha value is -3.16. The highest BCUT2D eigenvalue weighted by atomic mass is 16.5. The maximum Gasteiger partial charge on any atom is 0.203 e. The van der Waals surface area contributed by atoms with E-state index in [1.165, 1.54) is 0 Å². The van der Waals surface area contributed by atoms with E-state index in [4.69, 9.17) is 19.2 Å². The quantitative estimate of drug-likeness (QED) is 0.512. The molecule has 0 amide bonds. The van der Waals surface area contributed by atoms with Crippen molar-refractivity contribution in [1.29, 1.82) is 0 Å². The number of aromatic nitrogens is 1. The van der Waals surface area contributed by atoms with Crippen LogP contribution in [0.2, 0.25) is 0 Å². The predicted octanol–water partition coefficient (Wildman–Crippen LogP) is 2.44. The van der Waals surface area contributed by atoms with Gasteiger partial charge in [0.05, 0.1) is 21.3 Å². The third-order valence-electron chi connectivity index (χ3n) is 5.32. The van der Waals surface area contributed by atoms with E-state index in [0.717, 1.165) is 56.5 Å². The van der Waals surface area contributed by atoms with Gasteiger partial charge in [0.25, 0.3) is 0 Å². The van der Waals surface area contributed by atoms with Crippen molar-refractivity contribution in [2.45, 2.75) is 13.3 Å². The zero-order valence-electron chi connectivity index (χ0n) is 18.9. The second kappa shape index (κ2) is 11.3. The van der Waals surface area contributed by atoms with Crippen LogP contribution in [0.4, 0.5) is 5.82 Å². The van der Waals surface area contributed by atoms with Crippen molar-refractivity contribution >= 4 is 11.8 Å². The molecule has 3 rings (SSSR count). The standard InChI is InChI=1S/C23H33N5O3/c1-5-24-23(28-16-14-27(15-17-28)20-8-6-7-12-25-20)26-13-11-18-9-10-19(29-2)22(31-4)21(18)30-3/h6-10,12H,5,11,13-17H2,1-4H3,(H,24,26). The van der Waals surface area contributed by atoms with Gasteiger partial charge >= 0.3 is 0 Å². The number of benzene rings is 1. The van der Waals surface area contributed by atoms with Gasteiger partial charge in [0.1, 0.15) is 5.82 Å². The number of anilines is 1. The largest absolute Gasteiger partial charge is 0.493 e. The van der Waals surface area contributed by atoms with Crippen LogP contribution in [0.1, 0.15) is 12.5 Å².